The number of halogens is 1. The van der Waals surface area contributed by atoms with E-state index in [4.69, 9.17) is 0 Å². The summed E-state index contributed by atoms with van der Waals surface area (Å²) < 4.78 is 12.9. The molecule has 0 radical (unpaired) electrons. The van der Waals surface area contributed by atoms with Crippen LogP contribution in [0, 0.1) is 5.82 Å². The first kappa shape index (κ1) is 19.1. The van der Waals surface area contributed by atoms with Gasteiger partial charge < -0.3 is 20.7 Å². The minimum absolute atomic E-state index is 0.0741. The van der Waals surface area contributed by atoms with E-state index >= 15 is 0 Å². The summed E-state index contributed by atoms with van der Waals surface area (Å²) in [4.78, 5) is 41.5. The van der Waals surface area contributed by atoms with Crippen molar-refractivity contribution < 1.29 is 19.1 Å². The van der Waals surface area contributed by atoms with E-state index in [0.29, 0.717) is 5.56 Å². The number of rotatable bonds is 6. The van der Waals surface area contributed by atoms with Crippen LogP contribution in [-0.2, 0) is 17.8 Å². The van der Waals surface area contributed by atoms with Crippen molar-refractivity contribution in [2.45, 2.75) is 32.9 Å². The van der Waals surface area contributed by atoms with Crippen molar-refractivity contribution in [3.05, 3.63) is 57.5 Å². The Bertz CT molecular complexity index is 864. The summed E-state index contributed by atoms with van der Waals surface area (Å²) in [7, 11) is 0. The molecule has 4 N–H and O–H groups in total. The molecule has 1 atom stereocenters. The van der Waals surface area contributed by atoms with Gasteiger partial charge in [0.1, 0.15) is 11.6 Å². The smallest absolute Gasteiger partial charge is 0.293 e. The van der Waals surface area contributed by atoms with Gasteiger partial charge in [-0.1, -0.05) is 12.1 Å². The van der Waals surface area contributed by atoms with Crippen molar-refractivity contribution >= 4 is 11.8 Å². The van der Waals surface area contributed by atoms with E-state index in [1.54, 1.807) is 6.92 Å². The van der Waals surface area contributed by atoms with Gasteiger partial charge in [0.2, 0.25) is 11.7 Å². The Labute approximate surface area is 148 Å². The third-order valence-corrected chi connectivity index (χ3v) is 3.47. The molecular formula is C17H19FN4O4. The minimum Gasteiger partial charge on any atom is -0.501 e. The SMILES string of the molecule is CC(=O)NC(C)Cc1nc(C(=O)NCc2ccc(F)cc2)c(O)c(=O)[nH]1. The predicted molar refractivity (Wildman–Crippen MR) is 91.1 cm³/mol. The van der Waals surface area contributed by atoms with Crippen LogP contribution < -0.4 is 16.2 Å². The Hall–Kier alpha value is -3.23. The minimum atomic E-state index is -0.850. The van der Waals surface area contributed by atoms with Gasteiger partial charge in [-0.2, -0.15) is 0 Å². The monoisotopic (exact) mass is 362 g/mol. The number of benzene rings is 1. The molecule has 1 aromatic carbocycles. The number of aromatic nitrogens is 2. The fraction of sp³-hybridized carbons (Fsp3) is 0.294. The van der Waals surface area contributed by atoms with Gasteiger partial charge in [-0.3, -0.25) is 14.4 Å². The highest BCUT2D eigenvalue weighted by Gasteiger charge is 2.18. The number of carbonyl (C=O) groups excluding carboxylic acids is 2. The standard InChI is InChI=1S/C17H19FN4O4/c1-9(20-10(2)23)7-13-21-14(15(24)17(26)22-13)16(25)19-8-11-3-5-12(18)6-4-11/h3-6,9,24H,7-8H2,1-2H3,(H,19,25)(H,20,23)(H,21,22,26). The molecular weight excluding hydrogens is 343 g/mol. The molecule has 0 aliphatic rings. The molecule has 2 aromatic rings. The van der Waals surface area contributed by atoms with Crippen molar-refractivity contribution in [3.63, 3.8) is 0 Å². The van der Waals surface area contributed by atoms with E-state index in [9.17, 15) is 23.9 Å². The van der Waals surface area contributed by atoms with Crippen LogP contribution in [0.5, 0.6) is 5.75 Å². The molecule has 0 saturated carbocycles. The number of nitrogens with one attached hydrogen (secondary N) is 3. The molecule has 2 amide bonds. The molecule has 0 bridgehead atoms. The number of carbonyl (C=O) groups is 2. The van der Waals surface area contributed by atoms with Crippen LogP contribution in [0.3, 0.4) is 0 Å². The summed E-state index contributed by atoms with van der Waals surface area (Å²) in [5.74, 6) is -2.02. The normalized spacial score (nSPS) is 11.7. The van der Waals surface area contributed by atoms with E-state index in [0.717, 1.165) is 0 Å². The second-order valence-corrected chi connectivity index (χ2v) is 5.82. The first-order valence-corrected chi connectivity index (χ1v) is 7.88. The number of amides is 2. The van der Waals surface area contributed by atoms with Crippen molar-refractivity contribution in [1.82, 2.24) is 20.6 Å². The first-order valence-electron chi connectivity index (χ1n) is 7.88. The fourth-order valence-electron chi connectivity index (χ4n) is 2.33. The van der Waals surface area contributed by atoms with Crippen molar-refractivity contribution in [3.8, 4) is 5.75 Å². The molecule has 0 spiro atoms. The second-order valence-electron chi connectivity index (χ2n) is 5.82. The average molecular weight is 362 g/mol. The molecule has 1 unspecified atom stereocenters. The number of hydrogen-bond acceptors (Lipinski definition) is 5. The van der Waals surface area contributed by atoms with E-state index < -0.39 is 28.7 Å². The van der Waals surface area contributed by atoms with Gasteiger partial charge in [-0.15, -0.1) is 0 Å². The lowest BCUT2D eigenvalue weighted by molar-refractivity contribution is -0.119. The molecule has 0 aliphatic carbocycles. The highest BCUT2D eigenvalue weighted by atomic mass is 19.1. The number of aromatic hydroxyl groups is 1. The third-order valence-electron chi connectivity index (χ3n) is 3.47. The largest absolute Gasteiger partial charge is 0.501 e. The van der Waals surface area contributed by atoms with Gasteiger partial charge in [-0.25, -0.2) is 9.37 Å². The van der Waals surface area contributed by atoms with Crippen LogP contribution in [0.25, 0.3) is 0 Å². The Balaban J connectivity index is 2.13. The predicted octanol–water partition coefficient (Wildman–Crippen LogP) is 0.612. The lowest BCUT2D eigenvalue weighted by atomic mass is 10.2. The van der Waals surface area contributed by atoms with Crippen LogP contribution in [0.4, 0.5) is 4.39 Å². The van der Waals surface area contributed by atoms with Gasteiger partial charge >= 0.3 is 0 Å². The second kappa shape index (κ2) is 8.24. The fourth-order valence-corrected chi connectivity index (χ4v) is 2.33. The summed E-state index contributed by atoms with van der Waals surface area (Å²) in [6.45, 7) is 3.14. The zero-order chi connectivity index (χ0) is 19.3. The number of hydrogen-bond donors (Lipinski definition) is 4. The van der Waals surface area contributed by atoms with Crippen molar-refractivity contribution in [2.24, 2.45) is 0 Å². The van der Waals surface area contributed by atoms with E-state index in [1.807, 2.05) is 0 Å². The maximum Gasteiger partial charge on any atom is 0.293 e. The maximum atomic E-state index is 12.9. The zero-order valence-electron chi connectivity index (χ0n) is 14.3. The van der Waals surface area contributed by atoms with Gasteiger partial charge in [0.15, 0.2) is 5.69 Å². The van der Waals surface area contributed by atoms with E-state index in [2.05, 4.69) is 20.6 Å². The lowest BCUT2D eigenvalue weighted by Gasteiger charge is -2.13. The summed E-state index contributed by atoms with van der Waals surface area (Å²) in [6.07, 6.45) is 0.174. The number of aromatic amines is 1. The summed E-state index contributed by atoms with van der Waals surface area (Å²) in [5.41, 5.74) is -0.624. The molecule has 2 rings (SSSR count). The molecule has 1 aromatic heterocycles. The Kier molecular flexibility index (Phi) is 6.05. The maximum absolute atomic E-state index is 12.9. The van der Waals surface area contributed by atoms with Gasteiger partial charge in [-0.05, 0) is 24.6 Å². The highest BCUT2D eigenvalue weighted by molar-refractivity contribution is 5.94. The van der Waals surface area contributed by atoms with Crippen LogP contribution in [0.1, 0.15) is 35.7 Å². The Morgan fingerprint density at radius 1 is 1.31 bits per heavy atom. The average Bonchev–Trinajstić information content (AvgIpc) is 2.56. The summed E-state index contributed by atoms with van der Waals surface area (Å²) >= 11 is 0. The van der Waals surface area contributed by atoms with Crippen molar-refractivity contribution in [1.29, 1.82) is 0 Å². The lowest BCUT2D eigenvalue weighted by Crippen LogP contribution is -2.34. The van der Waals surface area contributed by atoms with Crippen molar-refractivity contribution in [2.75, 3.05) is 0 Å². The molecule has 9 heteroatoms. The first-order chi connectivity index (χ1) is 12.3. The van der Waals surface area contributed by atoms with Crippen LogP contribution >= 0.6 is 0 Å². The molecule has 0 fully saturated rings. The van der Waals surface area contributed by atoms with Gasteiger partial charge in [0.25, 0.3) is 11.5 Å². The molecule has 138 valence electrons. The Morgan fingerprint density at radius 3 is 2.58 bits per heavy atom. The van der Waals surface area contributed by atoms with Gasteiger partial charge in [0.05, 0.1) is 0 Å². The topological polar surface area (TPSA) is 124 Å². The van der Waals surface area contributed by atoms with E-state index in [-0.39, 0.29) is 30.7 Å². The highest BCUT2D eigenvalue weighted by Crippen LogP contribution is 2.10. The Morgan fingerprint density at radius 2 is 1.96 bits per heavy atom. The molecule has 0 aliphatic heterocycles. The molecule has 0 saturated heterocycles. The van der Waals surface area contributed by atoms with Crippen LogP contribution in [0.15, 0.2) is 29.1 Å². The quantitative estimate of drug-likeness (QED) is 0.599. The summed E-state index contributed by atoms with van der Waals surface area (Å²) in [6, 6.07) is 5.19. The van der Waals surface area contributed by atoms with E-state index in [1.165, 1.54) is 31.2 Å². The van der Waals surface area contributed by atoms with Crippen LogP contribution in [-0.4, -0.2) is 32.9 Å². The number of nitrogens with zero attached hydrogens (tertiary/aromatic N) is 1. The summed E-state index contributed by atoms with van der Waals surface area (Å²) in [5, 5.41) is 15.0. The zero-order valence-corrected chi connectivity index (χ0v) is 14.3. The molecule has 1 heterocycles. The van der Waals surface area contributed by atoms with Crippen LogP contribution in [0.2, 0.25) is 0 Å². The molecule has 26 heavy (non-hydrogen) atoms. The number of H-pyrrole nitrogens is 1. The third kappa shape index (κ3) is 5.13. The molecule has 8 nitrogen and oxygen atoms in total. The van der Waals surface area contributed by atoms with Gasteiger partial charge in [0, 0.05) is 25.9 Å².